The quantitative estimate of drug-likeness (QED) is 0.801. The second-order valence-corrected chi connectivity index (χ2v) is 7.24. The molecule has 1 aliphatic rings. The van der Waals surface area contributed by atoms with Crippen LogP contribution in [0.5, 0.6) is 5.75 Å². The molecule has 0 unspecified atom stereocenters. The van der Waals surface area contributed by atoms with Gasteiger partial charge >= 0.3 is 0 Å². The van der Waals surface area contributed by atoms with E-state index >= 15 is 0 Å². The number of hydrogen-bond acceptors (Lipinski definition) is 4. The van der Waals surface area contributed by atoms with Crippen molar-refractivity contribution in [2.45, 2.75) is 4.90 Å². The summed E-state index contributed by atoms with van der Waals surface area (Å²) in [6, 6.07) is 4.54. The molecule has 0 atom stereocenters. The minimum atomic E-state index is -3.67. The van der Waals surface area contributed by atoms with Gasteiger partial charge < -0.3 is 9.64 Å². The Kier molecular flexibility index (Phi) is 4.36. The minimum Gasteiger partial charge on any atom is -0.496 e. The topological polar surface area (TPSA) is 66.9 Å². The fourth-order valence-corrected chi connectivity index (χ4v) is 4.00. The molecule has 1 heterocycles. The molecule has 0 bridgehead atoms. The number of benzene rings is 1. The summed E-state index contributed by atoms with van der Waals surface area (Å²) in [5.41, 5.74) is 0. The van der Waals surface area contributed by atoms with Crippen molar-refractivity contribution in [3.05, 3.63) is 22.7 Å². The molecule has 0 saturated carbocycles. The third kappa shape index (κ3) is 2.82. The number of sulfonamides is 1. The Morgan fingerprint density at radius 3 is 2.55 bits per heavy atom. The van der Waals surface area contributed by atoms with E-state index in [1.165, 1.54) is 28.4 Å². The van der Waals surface area contributed by atoms with Crippen LogP contribution in [0.15, 0.2) is 27.6 Å². The number of rotatable bonds is 3. The highest BCUT2D eigenvalue weighted by Gasteiger charge is 2.31. The molecule has 1 aromatic carbocycles. The Balaban J connectivity index is 2.31. The minimum absolute atomic E-state index is 0.123. The van der Waals surface area contributed by atoms with Gasteiger partial charge in [-0.1, -0.05) is 0 Å². The van der Waals surface area contributed by atoms with Crippen LogP contribution in [0.1, 0.15) is 0 Å². The summed E-state index contributed by atoms with van der Waals surface area (Å²) in [7, 11) is -0.495. The fraction of sp³-hybridized carbons (Fsp3) is 0.417. The summed E-state index contributed by atoms with van der Waals surface area (Å²) in [6.07, 6.45) is 0. The van der Waals surface area contributed by atoms with Crippen LogP contribution >= 0.6 is 15.9 Å². The van der Waals surface area contributed by atoms with Crippen LogP contribution in [0.25, 0.3) is 0 Å². The summed E-state index contributed by atoms with van der Waals surface area (Å²) in [6.45, 7) is 0.575. The highest BCUT2D eigenvalue weighted by molar-refractivity contribution is 9.10. The van der Waals surface area contributed by atoms with Crippen LogP contribution in [-0.4, -0.2) is 57.3 Å². The number of hydrogen-bond donors (Lipinski definition) is 0. The zero-order chi connectivity index (χ0) is 14.9. The van der Waals surface area contributed by atoms with Crippen molar-refractivity contribution >= 4 is 31.9 Å². The lowest BCUT2D eigenvalue weighted by Gasteiger charge is -2.31. The lowest BCUT2D eigenvalue weighted by molar-refractivity contribution is -0.132. The maximum absolute atomic E-state index is 12.5. The zero-order valence-electron chi connectivity index (χ0n) is 11.2. The SMILES string of the molecule is COc1ccc(S(=O)(=O)N2CCN(C)C(=O)C2)cc1Br. The van der Waals surface area contributed by atoms with E-state index in [9.17, 15) is 13.2 Å². The lowest BCUT2D eigenvalue weighted by Crippen LogP contribution is -2.50. The highest BCUT2D eigenvalue weighted by atomic mass is 79.9. The van der Waals surface area contributed by atoms with Crippen LogP contribution in [-0.2, 0) is 14.8 Å². The summed E-state index contributed by atoms with van der Waals surface area (Å²) in [4.78, 5) is 13.3. The van der Waals surface area contributed by atoms with Gasteiger partial charge in [0.2, 0.25) is 15.9 Å². The first kappa shape index (κ1) is 15.3. The van der Waals surface area contributed by atoms with Crippen LogP contribution < -0.4 is 4.74 Å². The molecule has 0 N–H and O–H groups in total. The van der Waals surface area contributed by atoms with Crippen molar-refractivity contribution in [1.29, 1.82) is 0 Å². The van der Waals surface area contributed by atoms with Crippen molar-refractivity contribution in [3.63, 3.8) is 0 Å². The van der Waals surface area contributed by atoms with Crippen molar-refractivity contribution < 1.29 is 17.9 Å². The van der Waals surface area contributed by atoms with E-state index in [-0.39, 0.29) is 17.3 Å². The fourth-order valence-electron chi connectivity index (χ4n) is 1.90. The van der Waals surface area contributed by atoms with E-state index in [0.717, 1.165) is 0 Å². The molecule has 1 saturated heterocycles. The number of methoxy groups -OCH3 is 1. The number of halogens is 1. The van der Waals surface area contributed by atoms with Gasteiger partial charge in [-0.15, -0.1) is 0 Å². The van der Waals surface area contributed by atoms with Gasteiger partial charge in [0.25, 0.3) is 0 Å². The smallest absolute Gasteiger partial charge is 0.243 e. The van der Waals surface area contributed by atoms with E-state index in [0.29, 0.717) is 23.3 Å². The van der Waals surface area contributed by atoms with Crippen molar-refractivity contribution in [2.75, 3.05) is 33.8 Å². The number of likely N-dealkylation sites (N-methyl/N-ethyl adjacent to an activating group) is 1. The second kappa shape index (κ2) is 5.71. The highest BCUT2D eigenvalue weighted by Crippen LogP contribution is 2.29. The van der Waals surface area contributed by atoms with E-state index in [4.69, 9.17) is 4.74 Å². The lowest BCUT2D eigenvalue weighted by atomic mass is 10.3. The summed E-state index contributed by atoms with van der Waals surface area (Å²) >= 11 is 3.26. The van der Waals surface area contributed by atoms with Gasteiger partial charge in [0, 0.05) is 20.1 Å². The standard InChI is InChI=1S/C12H15BrN2O4S/c1-14-5-6-15(8-12(14)16)20(17,18)9-3-4-11(19-2)10(13)7-9/h3-4,7H,5-6,8H2,1-2H3. The Morgan fingerprint density at radius 1 is 1.30 bits per heavy atom. The predicted octanol–water partition coefficient (Wildman–Crippen LogP) is 0.920. The Hall–Kier alpha value is -1.12. The normalized spacial score (nSPS) is 17.4. The Morgan fingerprint density at radius 2 is 2.00 bits per heavy atom. The van der Waals surface area contributed by atoms with Gasteiger partial charge in [-0.25, -0.2) is 8.42 Å². The van der Waals surface area contributed by atoms with Gasteiger partial charge in [-0.2, -0.15) is 4.31 Å². The molecule has 8 heteroatoms. The number of amides is 1. The number of carbonyl (C=O) groups excluding carboxylic acids is 1. The molecule has 6 nitrogen and oxygen atoms in total. The Labute approximate surface area is 126 Å². The molecule has 1 fully saturated rings. The number of nitrogens with zero attached hydrogens (tertiary/aromatic N) is 2. The zero-order valence-corrected chi connectivity index (χ0v) is 13.6. The maximum Gasteiger partial charge on any atom is 0.243 e. The van der Waals surface area contributed by atoms with Gasteiger partial charge in [-0.3, -0.25) is 4.79 Å². The first-order valence-electron chi connectivity index (χ1n) is 5.94. The molecular formula is C12H15BrN2O4S. The van der Waals surface area contributed by atoms with Crippen molar-refractivity contribution in [3.8, 4) is 5.75 Å². The maximum atomic E-state index is 12.5. The van der Waals surface area contributed by atoms with E-state index < -0.39 is 10.0 Å². The number of ether oxygens (including phenoxy) is 1. The summed E-state index contributed by atoms with van der Waals surface area (Å²) < 4.78 is 31.8. The summed E-state index contributed by atoms with van der Waals surface area (Å²) in [5, 5.41) is 0. The van der Waals surface area contributed by atoms with Crippen LogP contribution in [0.3, 0.4) is 0 Å². The molecule has 0 radical (unpaired) electrons. The molecular weight excluding hydrogens is 348 g/mol. The number of carbonyl (C=O) groups is 1. The van der Waals surface area contributed by atoms with Gasteiger partial charge in [0.05, 0.1) is 23.0 Å². The third-order valence-electron chi connectivity index (χ3n) is 3.18. The van der Waals surface area contributed by atoms with Crippen LogP contribution in [0, 0.1) is 0 Å². The molecule has 110 valence electrons. The van der Waals surface area contributed by atoms with Crippen molar-refractivity contribution in [2.24, 2.45) is 0 Å². The van der Waals surface area contributed by atoms with Crippen LogP contribution in [0.2, 0.25) is 0 Å². The first-order valence-corrected chi connectivity index (χ1v) is 8.17. The molecule has 1 amide bonds. The summed E-state index contributed by atoms with van der Waals surface area (Å²) in [5.74, 6) is 0.353. The average molecular weight is 363 g/mol. The molecule has 1 aliphatic heterocycles. The predicted molar refractivity (Wildman–Crippen MR) is 77.1 cm³/mol. The van der Waals surface area contributed by atoms with E-state index in [1.807, 2.05) is 0 Å². The molecule has 1 aromatic rings. The molecule has 0 aromatic heterocycles. The molecule has 2 rings (SSSR count). The molecule has 0 spiro atoms. The molecule has 0 aliphatic carbocycles. The van der Waals surface area contributed by atoms with Gasteiger partial charge in [0.1, 0.15) is 5.75 Å². The van der Waals surface area contributed by atoms with E-state index in [2.05, 4.69) is 15.9 Å². The van der Waals surface area contributed by atoms with Crippen LogP contribution in [0.4, 0.5) is 0 Å². The monoisotopic (exact) mass is 362 g/mol. The third-order valence-corrected chi connectivity index (χ3v) is 5.64. The largest absolute Gasteiger partial charge is 0.496 e. The number of piperazine rings is 1. The van der Waals surface area contributed by atoms with Gasteiger partial charge in [0.15, 0.2) is 0 Å². The first-order chi connectivity index (χ1) is 9.36. The Bertz CT molecular complexity index is 632. The van der Waals surface area contributed by atoms with E-state index in [1.54, 1.807) is 13.1 Å². The van der Waals surface area contributed by atoms with Gasteiger partial charge in [-0.05, 0) is 34.1 Å². The average Bonchev–Trinajstić information content (AvgIpc) is 2.41. The second-order valence-electron chi connectivity index (χ2n) is 4.45. The van der Waals surface area contributed by atoms with Crippen molar-refractivity contribution in [1.82, 2.24) is 9.21 Å². The molecule has 20 heavy (non-hydrogen) atoms.